The number of rotatable bonds is 4. The van der Waals surface area contributed by atoms with Crippen molar-refractivity contribution in [2.45, 2.75) is 18.4 Å². The maximum atomic E-state index is 13.4. The highest BCUT2D eigenvalue weighted by Crippen LogP contribution is 2.17. The molecule has 1 N–H and O–H groups in total. The highest BCUT2D eigenvalue weighted by atomic mass is 32.2. The minimum Gasteiger partial charge on any atom is -0.207 e. The van der Waals surface area contributed by atoms with E-state index in [9.17, 15) is 12.8 Å². The van der Waals surface area contributed by atoms with Crippen molar-refractivity contribution in [2.75, 3.05) is 0 Å². The Balaban J connectivity index is 2.19. The van der Waals surface area contributed by atoms with Crippen molar-refractivity contribution in [1.82, 2.24) is 4.72 Å². The number of hydrogen-bond donors (Lipinski definition) is 1. The lowest BCUT2D eigenvalue weighted by Crippen LogP contribution is -2.24. The van der Waals surface area contributed by atoms with Crippen molar-refractivity contribution in [3.63, 3.8) is 0 Å². The van der Waals surface area contributed by atoms with Gasteiger partial charge in [-0.05, 0) is 36.1 Å². The largest absolute Gasteiger partial charge is 0.243 e. The van der Waals surface area contributed by atoms with Crippen LogP contribution in [-0.4, -0.2) is 8.42 Å². The molecule has 0 saturated heterocycles. The molecule has 1 aromatic carbocycles. The fourth-order valence-electron chi connectivity index (χ4n) is 1.49. The predicted octanol–water partition coefficient (Wildman–Crippen LogP) is 2.67. The summed E-state index contributed by atoms with van der Waals surface area (Å²) in [4.78, 5) is 0.606. The molecule has 18 heavy (non-hydrogen) atoms. The molecule has 0 amide bonds. The number of benzene rings is 1. The Labute approximate surface area is 109 Å². The van der Waals surface area contributed by atoms with Gasteiger partial charge >= 0.3 is 0 Å². The molecule has 1 heterocycles. The van der Waals surface area contributed by atoms with Crippen molar-refractivity contribution >= 4 is 21.4 Å². The third-order valence-electron chi connectivity index (χ3n) is 2.52. The van der Waals surface area contributed by atoms with Crippen LogP contribution < -0.4 is 4.72 Å². The van der Waals surface area contributed by atoms with Crippen LogP contribution in [0.4, 0.5) is 4.39 Å². The Hall–Kier alpha value is -1.24. The summed E-state index contributed by atoms with van der Waals surface area (Å²) < 4.78 is 39.6. The summed E-state index contributed by atoms with van der Waals surface area (Å²) >= 11 is 1.47. The molecule has 0 radical (unpaired) electrons. The van der Waals surface area contributed by atoms with Crippen LogP contribution in [0.1, 0.15) is 10.4 Å². The van der Waals surface area contributed by atoms with Crippen molar-refractivity contribution in [3.8, 4) is 0 Å². The second-order valence-corrected chi connectivity index (χ2v) is 6.52. The summed E-state index contributed by atoms with van der Waals surface area (Å²) in [5.41, 5.74) is 1.02. The van der Waals surface area contributed by atoms with Gasteiger partial charge < -0.3 is 0 Å². The topological polar surface area (TPSA) is 46.2 Å². The van der Waals surface area contributed by atoms with Crippen LogP contribution in [0.25, 0.3) is 0 Å². The van der Waals surface area contributed by atoms with Gasteiger partial charge in [-0.25, -0.2) is 17.5 Å². The second-order valence-electron chi connectivity index (χ2n) is 3.78. The van der Waals surface area contributed by atoms with Gasteiger partial charge in [0.2, 0.25) is 10.0 Å². The van der Waals surface area contributed by atoms with Gasteiger partial charge in [0, 0.05) is 11.4 Å². The van der Waals surface area contributed by atoms with E-state index < -0.39 is 15.8 Å². The Morgan fingerprint density at radius 3 is 2.61 bits per heavy atom. The summed E-state index contributed by atoms with van der Waals surface area (Å²) in [6, 6.07) is 7.24. The molecule has 0 atom stereocenters. The lowest BCUT2D eigenvalue weighted by Gasteiger charge is -2.07. The number of hydrogen-bond acceptors (Lipinski definition) is 3. The minimum absolute atomic E-state index is 0.181. The van der Waals surface area contributed by atoms with Crippen LogP contribution in [0.2, 0.25) is 0 Å². The molecule has 6 heteroatoms. The van der Waals surface area contributed by atoms with Crippen molar-refractivity contribution in [2.24, 2.45) is 0 Å². The summed E-state index contributed by atoms with van der Waals surface area (Å²) in [6.07, 6.45) is 0. The van der Waals surface area contributed by atoms with E-state index >= 15 is 0 Å². The van der Waals surface area contributed by atoms with Gasteiger partial charge in [0.1, 0.15) is 10.7 Å². The van der Waals surface area contributed by atoms with Gasteiger partial charge in [0.05, 0.1) is 0 Å². The van der Waals surface area contributed by atoms with Gasteiger partial charge in [0.25, 0.3) is 0 Å². The van der Waals surface area contributed by atoms with Gasteiger partial charge in [0.15, 0.2) is 0 Å². The highest BCUT2D eigenvalue weighted by Gasteiger charge is 2.18. The number of thiophene rings is 1. The first-order valence-corrected chi connectivity index (χ1v) is 7.64. The fraction of sp³-hybridized carbons (Fsp3) is 0.167. The maximum absolute atomic E-state index is 13.4. The molecule has 0 bridgehead atoms. The Morgan fingerprint density at radius 2 is 2.00 bits per heavy atom. The van der Waals surface area contributed by atoms with Crippen molar-refractivity contribution in [1.29, 1.82) is 0 Å². The smallest absolute Gasteiger partial charge is 0.207 e. The molecular formula is C12H12FNO2S2. The highest BCUT2D eigenvalue weighted by molar-refractivity contribution is 7.89. The molecule has 96 valence electrons. The third kappa shape index (κ3) is 2.77. The molecule has 2 rings (SSSR count). The van der Waals surface area contributed by atoms with Crippen molar-refractivity contribution < 1.29 is 12.8 Å². The van der Waals surface area contributed by atoms with E-state index in [1.807, 2.05) is 18.4 Å². The monoisotopic (exact) mass is 285 g/mol. The van der Waals surface area contributed by atoms with E-state index in [4.69, 9.17) is 0 Å². The zero-order valence-corrected chi connectivity index (χ0v) is 11.3. The number of sulfonamides is 1. The molecule has 0 fully saturated rings. The van der Waals surface area contributed by atoms with Gasteiger partial charge in [-0.2, -0.15) is 0 Å². The Bertz CT molecular complexity index is 650. The minimum atomic E-state index is -3.80. The first kappa shape index (κ1) is 13.2. The third-order valence-corrected chi connectivity index (χ3v) is 4.97. The van der Waals surface area contributed by atoms with Gasteiger partial charge in [-0.1, -0.05) is 12.1 Å². The standard InChI is InChI=1S/C12H12FNO2S2/c1-9-6-7-17-11(9)8-14-18(15,16)12-5-3-2-4-10(12)13/h2-7,14H,8H2,1H3. The molecule has 0 saturated carbocycles. The predicted molar refractivity (Wildman–Crippen MR) is 69.5 cm³/mol. The van der Waals surface area contributed by atoms with Crippen LogP contribution in [0.15, 0.2) is 40.6 Å². The van der Waals surface area contributed by atoms with Gasteiger partial charge in [-0.3, -0.25) is 0 Å². The van der Waals surface area contributed by atoms with E-state index in [2.05, 4.69) is 4.72 Å². The summed E-state index contributed by atoms with van der Waals surface area (Å²) in [7, 11) is -3.80. The molecule has 3 nitrogen and oxygen atoms in total. The van der Waals surface area contributed by atoms with E-state index in [1.54, 1.807) is 0 Å². The molecule has 0 aliphatic heterocycles. The fourth-order valence-corrected chi connectivity index (χ4v) is 3.50. The van der Waals surface area contributed by atoms with E-state index in [-0.39, 0.29) is 11.4 Å². The summed E-state index contributed by atoms with van der Waals surface area (Å²) in [5.74, 6) is -0.743. The number of aryl methyl sites for hydroxylation is 1. The second kappa shape index (κ2) is 5.17. The molecule has 0 spiro atoms. The quantitative estimate of drug-likeness (QED) is 0.938. The maximum Gasteiger partial charge on any atom is 0.243 e. The molecule has 0 aliphatic carbocycles. The average molecular weight is 285 g/mol. The van der Waals surface area contributed by atoms with Crippen LogP contribution in [-0.2, 0) is 16.6 Å². The Morgan fingerprint density at radius 1 is 1.28 bits per heavy atom. The van der Waals surface area contributed by atoms with E-state index in [1.165, 1.54) is 29.5 Å². The van der Waals surface area contributed by atoms with Crippen LogP contribution in [0.5, 0.6) is 0 Å². The molecule has 0 aliphatic rings. The summed E-state index contributed by atoms with van der Waals surface area (Å²) in [6.45, 7) is 2.09. The van der Waals surface area contributed by atoms with E-state index in [0.717, 1.165) is 16.5 Å². The number of nitrogens with one attached hydrogen (secondary N) is 1. The van der Waals surface area contributed by atoms with Crippen LogP contribution in [0, 0.1) is 12.7 Å². The lowest BCUT2D eigenvalue weighted by atomic mass is 10.3. The van der Waals surface area contributed by atoms with Gasteiger partial charge in [-0.15, -0.1) is 11.3 Å². The van der Waals surface area contributed by atoms with Crippen LogP contribution >= 0.6 is 11.3 Å². The zero-order valence-electron chi connectivity index (χ0n) is 9.68. The first-order valence-electron chi connectivity index (χ1n) is 5.28. The molecule has 0 unspecified atom stereocenters. The lowest BCUT2D eigenvalue weighted by molar-refractivity contribution is 0.557. The van der Waals surface area contributed by atoms with Crippen LogP contribution in [0.3, 0.4) is 0 Å². The number of halogens is 1. The SMILES string of the molecule is Cc1ccsc1CNS(=O)(=O)c1ccccc1F. The van der Waals surface area contributed by atoms with E-state index in [0.29, 0.717) is 0 Å². The average Bonchev–Trinajstić information content (AvgIpc) is 2.73. The summed E-state index contributed by atoms with van der Waals surface area (Å²) in [5, 5.41) is 1.89. The first-order chi connectivity index (χ1) is 8.50. The van der Waals surface area contributed by atoms with Crippen molar-refractivity contribution in [3.05, 3.63) is 52.0 Å². The molecular weight excluding hydrogens is 273 g/mol. The molecule has 1 aromatic heterocycles. The Kier molecular flexibility index (Phi) is 3.79. The normalized spacial score (nSPS) is 11.7. The zero-order chi connectivity index (χ0) is 13.2. The molecule has 2 aromatic rings.